The summed E-state index contributed by atoms with van der Waals surface area (Å²) in [6.07, 6.45) is 5.91. The molecule has 1 unspecified atom stereocenters. The predicted octanol–water partition coefficient (Wildman–Crippen LogP) is 5.49. The Morgan fingerprint density at radius 2 is 2.33 bits per heavy atom. The van der Waals surface area contributed by atoms with E-state index in [1.807, 2.05) is 11.8 Å². The van der Waals surface area contributed by atoms with Crippen molar-refractivity contribution in [3.63, 3.8) is 0 Å². The normalized spacial score (nSPS) is 25.6. The third-order valence-corrected chi connectivity index (χ3v) is 6.26. The average Bonchev–Trinajstić information content (AvgIpc) is 2.84. The van der Waals surface area contributed by atoms with Crippen LogP contribution in [-0.4, -0.2) is 5.33 Å². The zero-order valence-corrected chi connectivity index (χ0v) is 13.0. The smallest absolute Gasteiger partial charge is 0.104 e. The summed E-state index contributed by atoms with van der Waals surface area (Å²) in [5.41, 5.74) is 1.41. The molecule has 0 saturated carbocycles. The summed E-state index contributed by atoms with van der Waals surface area (Å²) in [6.45, 7) is 0. The van der Waals surface area contributed by atoms with Crippen molar-refractivity contribution in [2.75, 3.05) is 5.33 Å². The molecule has 0 amide bonds. The fourth-order valence-corrected chi connectivity index (χ4v) is 5.09. The second-order valence-corrected chi connectivity index (χ2v) is 8.39. The zero-order chi connectivity index (χ0) is 10.7. The van der Waals surface area contributed by atoms with Crippen molar-refractivity contribution in [3.8, 4) is 0 Å². The van der Waals surface area contributed by atoms with E-state index in [2.05, 4.69) is 54.8 Å². The van der Waals surface area contributed by atoms with Crippen LogP contribution >= 0.6 is 55.0 Å². The summed E-state index contributed by atoms with van der Waals surface area (Å²) in [5, 5.41) is 5.48. The zero-order valence-electron chi connectivity index (χ0n) is 8.21. The Morgan fingerprint density at radius 3 is 3.00 bits per heavy atom. The van der Waals surface area contributed by atoms with Crippen molar-refractivity contribution in [1.29, 1.82) is 0 Å². The van der Waals surface area contributed by atoms with Crippen molar-refractivity contribution in [1.82, 2.24) is 0 Å². The van der Waals surface area contributed by atoms with Gasteiger partial charge in [0.25, 0.3) is 0 Å². The fraction of sp³-hybridized carbons (Fsp3) is 0.455. The van der Waals surface area contributed by atoms with E-state index in [0.29, 0.717) is 0 Å². The van der Waals surface area contributed by atoms with Gasteiger partial charge in [-0.15, -0.1) is 11.8 Å². The summed E-state index contributed by atoms with van der Waals surface area (Å²) >= 11 is 11.1. The molecule has 1 atom stereocenters. The maximum atomic E-state index is 3.87. The SMILES string of the molecule is BrCCCC1=CCC(Br)(c2ccsc2)S1. The molecule has 0 radical (unpaired) electrons. The van der Waals surface area contributed by atoms with Crippen LogP contribution in [0.1, 0.15) is 24.8 Å². The Bertz CT molecular complexity index is 345. The van der Waals surface area contributed by atoms with Crippen LogP contribution in [0.4, 0.5) is 0 Å². The number of thioether (sulfide) groups is 1. The first-order valence-electron chi connectivity index (χ1n) is 4.90. The third-order valence-electron chi connectivity index (χ3n) is 2.39. The predicted molar refractivity (Wildman–Crippen MR) is 78.2 cm³/mol. The molecule has 15 heavy (non-hydrogen) atoms. The van der Waals surface area contributed by atoms with Crippen LogP contribution in [0, 0.1) is 0 Å². The highest BCUT2D eigenvalue weighted by Crippen LogP contribution is 2.55. The van der Waals surface area contributed by atoms with E-state index in [1.165, 1.54) is 23.3 Å². The van der Waals surface area contributed by atoms with Gasteiger partial charge >= 0.3 is 0 Å². The van der Waals surface area contributed by atoms with Gasteiger partial charge in [-0.3, -0.25) is 0 Å². The maximum absolute atomic E-state index is 3.87. The first-order valence-corrected chi connectivity index (χ1v) is 8.57. The van der Waals surface area contributed by atoms with Crippen LogP contribution in [0.25, 0.3) is 0 Å². The van der Waals surface area contributed by atoms with Crippen molar-refractivity contribution < 1.29 is 0 Å². The van der Waals surface area contributed by atoms with E-state index in [4.69, 9.17) is 0 Å². The number of hydrogen-bond acceptors (Lipinski definition) is 2. The molecule has 1 aliphatic heterocycles. The van der Waals surface area contributed by atoms with Crippen LogP contribution in [0.15, 0.2) is 27.8 Å². The van der Waals surface area contributed by atoms with E-state index in [1.54, 1.807) is 11.3 Å². The highest BCUT2D eigenvalue weighted by molar-refractivity contribution is 9.11. The molecule has 0 N–H and O–H groups in total. The monoisotopic (exact) mass is 366 g/mol. The molecule has 1 aliphatic rings. The van der Waals surface area contributed by atoms with E-state index in [0.717, 1.165) is 11.8 Å². The quantitative estimate of drug-likeness (QED) is 0.634. The molecular formula is C11H12Br2S2. The molecule has 0 saturated heterocycles. The van der Waals surface area contributed by atoms with E-state index >= 15 is 0 Å². The molecule has 2 heterocycles. The number of allylic oxidation sites excluding steroid dienone is 2. The second-order valence-electron chi connectivity index (χ2n) is 3.51. The molecule has 82 valence electrons. The van der Waals surface area contributed by atoms with E-state index in [-0.39, 0.29) is 3.66 Å². The third kappa shape index (κ3) is 2.90. The molecule has 0 nitrogen and oxygen atoms in total. The van der Waals surface area contributed by atoms with Gasteiger partial charge in [0.15, 0.2) is 0 Å². The van der Waals surface area contributed by atoms with Gasteiger partial charge < -0.3 is 0 Å². The summed E-state index contributed by atoms with van der Waals surface area (Å²) in [5.74, 6) is 0. The minimum absolute atomic E-state index is 0.120. The minimum atomic E-state index is 0.120. The van der Waals surface area contributed by atoms with Gasteiger partial charge in [-0.25, -0.2) is 0 Å². The van der Waals surface area contributed by atoms with Gasteiger partial charge in [0, 0.05) is 5.33 Å². The standard InChI is InChI=1S/C11H12Br2S2/c12-6-1-2-10-3-5-11(13,15-10)9-4-7-14-8-9/h3-4,7-8H,1-2,5-6H2. The lowest BCUT2D eigenvalue weighted by Gasteiger charge is -2.20. The van der Waals surface area contributed by atoms with Gasteiger partial charge in [-0.2, -0.15) is 11.3 Å². The topological polar surface area (TPSA) is 0 Å². The lowest BCUT2D eigenvalue weighted by atomic mass is 10.1. The van der Waals surface area contributed by atoms with Gasteiger partial charge in [0.2, 0.25) is 0 Å². The number of rotatable bonds is 4. The van der Waals surface area contributed by atoms with Gasteiger partial charge in [-0.05, 0) is 46.6 Å². The van der Waals surface area contributed by atoms with Gasteiger partial charge in [0.1, 0.15) is 3.66 Å². The molecule has 4 heteroatoms. The van der Waals surface area contributed by atoms with Crippen LogP contribution < -0.4 is 0 Å². The Hall–Kier alpha value is 0.750. The Balaban J connectivity index is 1.99. The Labute approximate surface area is 116 Å². The van der Waals surface area contributed by atoms with Crippen LogP contribution in [0.3, 0.4) is 0 Å². The first kappa shape index (κ1) is 12.2. The molecular weight excluding hydrogens is 356 g/mol. The first-order chi connectivity index (χ1) is 7.24. The Morgan fingerprint density at radius 1 is 1.47 bits per heavy atom. The molecule has 0 bridgehead atoms. The highest BCUT2D eigenvalue weighted by atomic mass is 79.9. The van der Waals surface area contributed by atoms with Crippen molar-refractivity contribution in [3.05, 3.63) is 33.4 Å². The maximum Gasteiger partial charge on any atom is 0.104 e. The molecule has 0 spiro atoms. The summed E-state index contributed by atoms with van der Waals surface area (Å²) in [6, 6.07) is 2.22. The molecule has 0 fully saturated rings. The molecule has 2 rings (SSSR count). The lowest BCUT2D eigenvalue weighted by molar-refractivity contribution is 0.934. The summed E-state index contributed by atoms with van der Waals surface area (Å²) in [7, 11) is 0. The van der Waals surface area contributed by atoms with Gasteiger partial charge in [-0.1, -0.05) is 37.9 Å². The molecule has 1 aromatic rings. The fourth-order valence-electron chi connectivity index (χ4n) is 1.58. The summed E-state index contributed by atoms with van der Waals surface area (Å²) in [4.78, 5) is 1.53. The number of halogens is 2. The van der Waals surface area contributed by atoms with Crippen molar-refractivity contribution in [2.45, 2.75) is 22.9 Å². The number of alkyl halides is 2. The lowest BCUT2D eigenvalue weighted by Crippen LogP contribution is -2.06. The van der Waals surface area contributed by atoms with Crippen LogP contribution in [-0.2, 0) is 3.66 Å². The van der Waals surface area contributed by atoms with Crippen molar-refractivity contribution >= 4 is 55.0 Å². The summed E-state index contributed by atoms with van der Waals surface area (Å²) < 4.78 is 0.120. The Kier molecular flexibility index (Phi) is 4.39. The highest BCUT2D eigenvalue weighted by Gasteiger charge is 2.34. The van der Waals surface area contributed by atoms with Gasteiger partial charge in [0.05, 0.1) is 0 Å². The van der Waals surface area contributed by atoms with Crippen molar-refractivity contribution in [2.24, 2.45) is 0 Å². The molecule has 1 aromatic heterocycles. The molecule has 0 aromatic carbocycles. The van der Waals surface area contributed by atoms with Crippen LogP contribution in [0.5, 0.6) is 0 Å². The van der Waals surface area contributed by atoms with E-state index < -0.39 is 0 Å². The number of hydrogen-bond donors (Lipinski definition) is 0. The largest absolute Gasteiger partial charge is 0.152 e. The second kappa shape index (κ2) is 5.39. The van der Waals surface area contributed by atoms with E-state index in [9.17, 15) is 0 Å². The molecule has 0 aliphatic carbocycles. The van der Waals surface area contributed by atoms with Crippen LogP contribution in [0.2, 0.25) is 0 Å². The average molecular weight is 368 g/mol. The number of thiophene rings is 1. The minimum Gasteiger partial charge on any atom is -0.152 e.